The van der Waals surface area contributed by atoms with Crippen LogP contribution in [0, 0.1) is 11.8 Å². The Morgan fingerprint density at radius 2 is 1.43 bits per heavy atom. The van der Waals surface area contributed by atoms with E-state index in [1.54, 1.807) is 12.1 Å². The molecule has 3 aromatic carbocycles. The van der Waals surface area contributed by atoms with E-state index >= 15 is 0 Å². The van der Waals surface area contributed by atoms with Crippen LogP contribution in [0.3, 0.4) is 0 Å². The average Bonchev–Trinajstić information content (AvgIpc) is 2.93. The van der Waals surface area contributed by atoms with Crippen molar-refractivity contribution >= 4 is 24.9 Å². The summed E-state index contributed by atoms with van der Waals surface area (Å²) >= 11 is 0. The van der Waals surface area contributed by atoms with Crippen LogP contribution in [0.5, 0.6) is 0 Å². The Kier molecular flexibility index (Phi) is 11.7. The van der Waals surface area contributed by atoms with Crippen LogP contribution in [0.15, 0.2) is 84.9 Å². The van der Waals surface area contributed by atoms with Crippen LogP contribution in [0.25, 0.3) is 11.1 Å². The molecule has 0 aliphatic heterocycles. The molecule has 0 aliphatic rings. The van der Waals surface area contributed by atoms with E-state index in [2.05, 4.69) is 5.32 Å². The number of carbonyl (C=O) groups excluding carboxylic acids is 1. The van der Waals surface area contributed by atoms with E-state index < -0.39 is 31.2 Å². The average molecular weight is 565 g/mol. The van der Waals surface area contributed by atoms with E-state index in [9.17, 15) is 24.2 Å². The molecule has 0 fully saturated rings. The van der Waals surface area contributed by atoms with Crippen molar-refractivity contribution in [1.82, 2.24) is 5.32 Å². The van der Waals surface area contributed by atoms with Crippen LogP contribution in [0.1, 0.15) is 32.8 Å². The molecule has 3 rings (SSSR count). The predicted molar refractivity (Wildman–Crippen MR) is 162 cm³/mol. The number of carboxylic acids is 1. The molecule has 7 nitrogen and oxygen atoms in total. The van der Waals surface area contributed by atoms with E-state index in [0.717, 1.165) is 17.5 Å². The molecule has 8 heteroatoms. The Hall–Kier alpha value is -3.25. The van der Waals surface area contributed by atoms with Gasteiger partial charge in [-0.15, -0.1) is 0 Å². The lowest BCUT2D eigenvalue weighted by molar-refractivity contribution is -0.140. The molecule has 0 bridgehead atoms. The minimum atomic E-state index is -3.66. The minimum Gasteiger partial charge on any atom is -0.480 e. The Morgan fingerprint density at radius 1 is 0.850 bits per heavy atom. The van der Waals surface area contributed by atoms with Crippen molar-refractivity contribution in [2.75, 3.05) is 30.3 Å². The van der Waals surface area contributed by atoms with E-state index in [1.165, 1.54) is 17.4 Å². The van der Waals surface area contributed by atoms with Gasteiger partial charge in [0.05, 0.1) is 0 Å². The first kappa shape index (κ1) is 31.3. The molecule has 0 radical (unpaired) electrons. The van der Waals surface area contributed by atoms with Gasteiger partial charge in [-0.2, -0.15) is 0 Å². The standard InChI is InChI=1S/C32H41N2O5P/c1-24(2)22-29(23-40(38,39)21-20-33-19-18-26-10-6-4-7-11-26)31(35)34(25(3)32(36)37)30-16-14-28(15-17-30)27-12-8-5-9-13-27/h4-17,24-25,29,33H,18-23H2,1-3H3,(H,36,37)(H,38,39)/t25-,29?/m0/s1. The van der Waals surface area contributed by atoms with Gasteiger partial charge in [-0.1, -0.05) is 86.6 Å². The summed E-state index contributed by atoms with van der Waals surface area (Å²) in [6, 6.07) is 25.8. The Bertz CT molecular complexity index is 1270. The monoisotopic (exact) mass is 564 g/mol. The van der Waals surface area contributed by atoms with Gasteiger partial charge >= 0.3 is 5.97 Å². The largest absolute Gasteiger partial charge is 0.480 e. The summed E-state index contributed by atoms with van der Waals surface area (Å²) < 4.78 is 13.2. The fourth-order valence-corrected chi connectivity index (χ4v) is 6.49. The second kappa shape index (κ2) is 14.9. The topological polar surface area (TPSA) is 107 Å². The number of nitrogens with one attached hydrogen (secondary N) is 1. The highest BCUT2D eigenvalue weighted by Crippen LogP contribution is 2.44. The number of carboxylic acid groups (broad SMARTS) is 1. The molecule has 3 atom stereocenters. The third kappa shape index (κ3) is 9.44. The summed E-state index contributed by atoms with van der Waals surface area (Å²) in [4.78, 5) is 38.1. The first-order chi connectivity index (χ1) is 19.1. The second-order valence-corrected chi connectivity index (χ2v) is 13.2. The molecule has 0 saturated heterocycles. The van der Waals surface area contributed by atoms with Crippen LogP contribution in [0.4, 0.5) is 5.69 Å². The Balaban J connectivity index is 1.73. The van der Waals surface area contributed by atoms with Gasteiger partial charge in [-0.05, 0) is 61.1 Å². The fourth-order valence-electron chi connectivity index (χ4n) is 4.81. The van der Waals surface area contributed by atoms with Gasteiger partial charge in [-0.3, -0.25) is 14.3 Å². The number of benzene rings is 3. The molecular weight excluding hydrogens is 523 g/mol. The summed E-state index contributed by atoms with van der Waals surface area (Å²) in [7, 11) is -3.66. The van der Waals surface area contributed by atoms with E-state index in [1.807, 2.05) is 86.6 Å². The van der Waals surface area contributed by atoms with Crippen LogP contribution >= 0.6 is 7.37 Å². The number of nitrogens with zero attached hydrogens (tertiary/aromatic N) is 1. The molecule has 40 heavy (non-hydrogen) atoms. The van der Waals surface area contributed by atoms with Gasteiger partial charge in [0.2, 0.25) is 13.3 Å². The molecule has 0 heterocycles. The minimum absolute atomic E-state index is 0.0456. The molecule has 214 valence electrons. The Labute approximate surface area is 237 Å². The van der Waals surface area contributed by atoms with Crippen LogP contribution in [-0.4, -0.2) is 53.3 Å². The number of anilines is 1. The van der Waals surface area contributed by atoms with E-state index in [-0.39, 0.29) is 18.2 Å². The number of rotatable bonds is 15. The lowest BCUT2D eigenvalue weighted by Gasteiger charge is -2.32. The number of hydrogen-bond donors (Lipinski definition) is 3. The van der Waals surface area contributed by atoms with Gasteiger partial charge in [-0.25, -0.2) is 4.79 Å². The number of carbonyl (C=O) groups is 2. The molecule has 2 unspecified atom stereocenters. The molecular formula is C32H41N2O5P. The van der Waals surface area contributed by atoms with Crippen molar-refractivity contribution in [2.45, 2.75) is 39.7 Å². The normalized spacial score (nSPS) is 14.3. The SMILES string of the molecule is CC(C)CC(CP(=O)(O)CCNCCc1ccccc1)C(=O)N(c1ccc(-c2ccccc2)cc1)[C@@H](C)C(=O)O. The maximum absolute atomic E-state index is 13.9. The summed E-state index contributed by atoms with van der Waals surface area (Å²) in [6.45, 7) is 6.41. The zero-order chi connectivity index (χ0) is 29.1. The van der Waals surface area contributed by atoms with E-state index in [4.69, 9.17) is 0 Å². The molecule has 0 aromatic heterocycles. The maximum Gasteiger partial charge on any atom is 0.326 e. The van der Waals surface area contributed by atoms with Crippen LogP contribution in [-0.2, 0) is 20.6 Å². The molecule has 0 saturated carbocycles. The van der Waals surface area contributed by atoms with Crippen molar-refractivity contribution < 1.29 is 24.2 Å². The fraction of sp³-hybridized carbons (Fsp3) is 0.375. The highest BCUT2D eigenvalue weighted by Gasteiger charge is 2.36. The van der Waals surface area contributed by atoms with Gasteiger partial charge in [0.25, 0.3) is 0 Å². The highest BCUT2D eigenvalue weighted by atomic mass is 31.2. The van der Waals surface area contributed by atoms with Crippen LogP contribution < -0.4 is 10.2 Å². The quantitative estimate of drug-likeness (QED) is 0.156. The van der Waals surface area contributed by atoms with Gasteiger partial charge in [0.15, 0.2) is 0 Å². The zero-order valence-electron chi connectivity index (χ0n) is 23.6. The third-order valence-corrected chi connectivity index (χ3v) is 8.85. The van der Waals surface area contributed by atoms with Gasteiger partial charge < -0.3 is 15.3 Å². The molecule has 3 N–H and O–H groups in total. The van der Waals surface area contributed by atoms with Crippen molar-refractivity contribution in [3.8, 4) is 11.1 Å². The summed E-state index contributed by atoms with van der Waals surface area (Å²) in [5.74, 6) is -2.28. The highest BCUT2D eigenvalue weighted by molar-refractivity contribution is 7.58. The van der Waals surface area contributed by atoms with Crippen LogP contribution in [0.2, 0.25) is 0 Å². The number of hydrogen-bond acceptors (Lipinski definition) is 4. The van der Waals surface area contributed by atoms with Crippen molar-refractivity contribution in [2.24, 2.45) is 11.8 Å². The summed E-state index contributed by atoms with van der Waals surface area (Å²) in [5, 5.41) is 13.1. The maximum atomic E-state index is 13.9. The number of aliphatic carboxylic acids is 1. The first-order valence-electron chi connectivity index (χ1n) is 13.8. The molecule has 3 aromatic rings. The summed E-state index contributed by atoms with van der Waals surface area (Å²) in [6.07, 6.45) is 1.06. The lowest BCUT2D eigenvalue weighted by atomic mass is 9.96. The van der Waals surface area contributed by atoms with Crippen molar-refractivity contribution in [1.29, 1.82) is 0 Å². The van der Waals surface area contributed by atoms with Crippen molar-refractivity contribution in [3.63, 3.8) is 0 Å². The molecule has 0 spiro atoms. The zero-order valence-corrected chi connectivity index (χ0v) is 24.5. The Morgan fingerprint density at radius 3 is 2.00 bits per heavy atom. The first-order valence-corrected chi connectivity index (χ1v) is 15.9. The smallest absolute Gasteiger partial charge is 0.326 e. The second-order valence-electron chi connectivity index (χ2n) is 10.7. The molecule has 1 amide bonds. The van der Waals surface area contributed by atoms with E-state index in [0.29, 0.717) is 25.2 Å². The van der Waals surface area contributed by atoms with Gasteiger partial charge in [0, 0.05) is 30.5 Å². The third-order valence-electron chi connectivity index (χ3n) is 6.92. The number of amides is 1. The molecule has 0 aliphatic carbocycles. The predicted octanol–water partition coefficient (Wildman–Crippen LogP) is 5.92. The lowest BCUT2D eigenvalue weighted by Crippen LogP contribution is -2.47. The van der Waals surface area contributed by atoms with Gasteiger partial charge in [0.1, 0.15) is 6.04 Å². The van der Waals surface area contributed by atoms with Crippen molar-refractivity contribution in [3.05, 3.63) is 90.5 Å². The summed E-state index contributed by atoms with van der Waals surface area (Å²) in [5.41, 5.74) is 3.59.